The van der Waals surface area contributed by atoms with Gasteiger partial charge in [-0.1, -0.05) is 25.0 Å². The van der Waals surface area contributed by atoms with Crippen LogP contribution in [0.3, 0.4) is 0 Å². The molecule has 3 nitrogen and oxygen atoms in total. The van der Waals surface area contributed by atoms with Gasteiger partial charge in [0.1, 0.15) is 0 Å². The highest BCUT2D eigenvalue weighted by Crippen LogP contribution is 2.38. The van der Waals surface area contributed by atoms with Crippen LogP contribution in [0.4, 0.5) is 5.69 Å². The van der Waals surface area contributed by atoms with E-state index in [2.05, 4.69) is 4.90 Å². The van der Waals surface area contributed by atoms with Gasteiger partial charge in [0.25, 0.3) is 0 Å². The molecule has 1 heterocycles. The lowest BCUT2D eigenvalue weighted by atomic mass is 9.78. The maximum atomic E-state index is 11.4. The minimum atomic E-state index is -0.812. The summed E-state index contributed by atoms with van der Waals surface area (Å²) in [5.41, 5.74) is 1.38. The Morgan fingerprint density at radius 3 is 2.68 bits per heavy atom. The topological polar surface area (TPSA) is 40.5 Å². The molecule has 2 atom stereocenters. The van der Waals surface area contributed by atoms with Gasteiger partial charge in [-0.3, -0.25) is 0 Å². The summed E-state index contributed by atoms with van der Waals surface area (Å²) in [6, 6.07) is 8.02. The van der Waals surface area contributed by atoms with E-state index in [0.29, 0.717) is 11.6 Å². The van der Waals surface area contributed by atoms with Crippen molar-refractivity contribution >= 4 is 11.7 Å². The second-order valence-corrected chi connectivity index (χ2v) is 5.77. The predicted octanol–water partition coefficient (Wildman–Crippen LogP) is 3.54. The number of rotatable bonds is 2. The molecule has 1 aromatic rings. The van der Waals surface area contributed by atoms with E-state index < -0.39 is 5.97 Å². The van der Waals surface area contributed by atoms with Crippen molar-refractivity contribution < 1.29 is 9.90 Å². The summed E-state index contributed by atoms with van der Waals surface area (Å²) in [5.74, 6) is -0.0436. The Kier molecular flexibility index (Phi) is 3.45. The summed E-state index contributed by atoms with van der Waals surface area (Å²) in [7, 11) is 0. The van der Waals surface area contributed by atoms with Crippen LogP contribution in [0, 0.1) is 5.92 Å². The monoisotopic (exact) mass is 259 g/mol. The minimum Gasteiger partial charge on any atom is -0.478 e. The fourth-order valence-corrected chi connectivity index (χ4v) is 3.83. The predicted molar refractivity (Wildman–Crippen MR) is 75.7 cm³/mol. The fraction of sp³-hybridized carbons (Fsp3) is 0.562. The molecule has 1 aliphatic heterocycles. The average Bonchev–Trinajstić information content (AvgIpc) is 2.46. The summed E-state index contributed by atoms with van der Waals surface area (Å²) in [6.45, 7) is 1.01. The van der Waals surface area contributed by atoms with E-state index in [1.54, 1.807) is 6.07 Å². The number of carboxylic acids is 1. The molecule has 1 saturated carbocycles. The van der Waals surface area contributed by atoms with Crippen LogP contribution in [0.15, 0.2) is 24.3 Å². The maximum Gasteiger partial charge on any atom is 0.337 e. The van der Waals surface area contributed by atoms with Crippen molar-refractivity contribution in [2.24, 2.45) is 5.92 Å². The zero-order valence-corrected chi connectivity index (χ0v) is 11.2. The number of hydrogen-bond acceptors (Lipinski definition) is 2. The van der Waals surface area contributed by atoms with Crippen LogP contribution < -0.4 is 4.90 Å². The number of anilines is 1. The van der Waals surface area contributed by atoms with E-state index in [1.807, 2.05) is 18.2 Å². The molecular weight excluding hydrogens is 238 g/mol. The number of carbonyl (C=O) groups is 1. The smallest absolute Gasteiger partial charge is 0.337 e. The Morgan fingerprint density at radius 1 is 1.11 bits per heavy atom. The largest absolute Gasteiger partial charge is 0.478 e. The highest BCUT2D eigenvalue weighted by atomic mass is 16.4. The number of aromatic carboxylic acids is 1. The molecule has 0 bridgehead atoms. The van der Waals surface area contributed by atoms with Gasteiger partial charge >= 0.3 is 5.97 Å². The molecule has 1 aliphatic carbocycles. The van der Waals surface area contributed by atoms with Crippen molar-refractivity contribution in [1.29, 1.82) is 0 Å². The standard InChI is InChI=1S/C16H21NO2/c18-16(19)13-8-2-4-10-15(13)17-11-5-7-12-6-1-3-9-14(12)17/h2,4,8,10,12,14H,1,3,5-7,9,11H2,(H,18,19). The molecule has 3 rings (SSSR count). The number of benzene rings is 1. The van der Waals surface area contributed by atoms with E-state index >= 15 is 0 Å². The van der Waals surface area contributed by atoms with Crippen LogP contribution in [0.1, 0.15) is 48.9 Å². The molecule has 0 radical (unpaired) electrons. The van der Waals surface area contributed by atoms with Crippen molar-refractivity contribution in [3.05, 3.63) is 29.8 Å². The minimum absolute atomic E-state index is 0.453. The maximum absolute atomic E-state index is 11.4. The Bertz CT molecular complexity index is 470. The summed E-state index contributed by atoms with van der Waals surface area (Å²) < 4.78 is 0. The first kappa shape index (κ1) is 12.5. The van der Waals surface area contributed by atoms with Crippen molar-refractivity contribution in [2.75, 3.05) is 11.4 Å². The first-order valence-electron chi connectivity index (χ1n) is 7.36. The quantitative estimate of drug-likeness (QED) is 0.883. The molecule has 19 heavy (non-hydrogen) atoms. The first-order valence-corrected chi connectivity index (χ1v) is 7.36. The lowest BCUT2D eigenvalue weighted by molar-refractivity contribution is 0.0697. The summed E-state index contributed by atoms with van der Waals surface area (Å²) in [4.78, 5) is 13.8. The highest BCUT2D eigenvalue weighted by molar-refractivity contribution is 5.94. The zero-order valence-electron chi connectivity index (χ0n) is 11.2. The Labute approximate surface area is 114 Å². The van der Waals surface area contributed by atoms with E-state index in [-0.39, 0.29) is 0 Å². The van der Waals surface area contributed by atoms with Gasteiger partial charge in [-0.05, 0) is 43.7 Å². The fourth-order valence-electron chi connectivity index (χ4n) is 3.83. The average molecular weight is 259 g/mol. The molecule has 2 aliphatic rings. The highest BCUT2D eigenvalue weighted by Gasteiger charge is 2.34. The van der Waals surface area contributed by atoms with Gasteiger partial charge in [-0.15, -0.1) is 0 Å². The van der Waals surface area contributed by atoms with Crippen LogP contribution in [-0.2, 0) is 0 Å². The van der Waals surface area contributed by atoms with Crippen LogP contribution in [-0.4, -0.2) is 23.7 Å². The molecular formula is C16H21NO2. The van der Waals surface area contributed by atoms with E-state index in [9.17, 15) is 9.90 Å². The third-order valence-electron chi connectivity index (χ3n) is 4.69. The number of carboxylic acid groups (broad SMARTS) is 1. The van der Waals surface area contributed by atoms with Crippen LogP contribution in [0.2, 0.25) is 0 Å². The molecule has 102 valence electrons. The van der Waals surface area contributed by atoms with E-state index in [0.717, 1.165) is 18.2 Å². The van der Waals surface area contributed by atoms with Gasteiger partial charge in [-0.2, -0.15) is 0 Å². The van der Waals surface area contributed by atoms with Gasteiger partial charge < -0.3 is 10.0 Å². The van der Waals surface area contributed by atoms with Crippen LogP contribution in [0.25, 0.3) is 0 Å². The first-order chi connectivity index (χ1) is 9.27. The second-order valence-electron chi connectivity index (χ2n) is 5.77. The Morgan fingerprint density at radius 2 is 1.84 bits per heavy atom. The number of hydrogen-bond donors (Lipinski definition) is 1. The van der Waals surface area contributed by atoms with Gasteiger partial charge in [0.05, 0.1) is 11.3 Å². The van der Waals surface area contributed by atoms with E-state index in [1.165, 1.54) is 38.5 Å². The summed E-state index contributed by atoms with van der Waals surface area (Å²) in [5, 5.41) is 9.37. The molecule has 1 saturated heterocycles. The molecule has 2 fully saturated rings. The Hall–Kier alpha value is -1.51. The molecule has 0 spiro atoms. The third kappa shape index (κ3) is 2.34. The van der Waals surface area contributed by atoms with E-state index in [4.69, 9.17) is 0 Å². The number of nitrogens with zero attached hydrogens (tertiary/aromatic N) is 1. The molecule has 0 aromatic heterocycles. The van der Waals surface area contributed by atoms with Gasteiger partial charge in [0.15, 0.2) is 0 Å². The molecule has 0 amide bonds. The number of para-hydroxylation sites is 1. The summed E-state index contributed by atoms with van der Waals surface area (Å²) >= 11 is 0. The van der Waals surface area contributed by atoms with Crippen molar-refractivity contribution in [1.82, 2.24) is 0 Å². The molecule has 1 aromatic carbocycles. The van der Waals surface area contributed by atoms with Crippen molar-refractivity contribution in [3.63, 3.8) is 0 Å². The van der Waals surface area contributed by atoms with Crippen molar-refractivity contribution in [3.8, 4) is 0 Å². The third-order valence-corrected chi connectivity index (χ3v) is 4.69. The lowest BCUT2D eigenvalue weighted by Gasteiger charge is -2.45. The molecule has 3 heteroatoms. The van der Waals surface area contributed by atoms with Crippen LogP contribution >= 0.6 is 0 Å². The second kappa shape index (κ2) is 5.24. The number of fused-ring (bicyclic) bond motifs is 1. The van der Waals surface area contributed by atoms with Gasteiger partial charge in [0.2, 0.25) is 0 Å². The molecule has 1 N–H and O–H groups in total. The lowest BCUT2D eigenvalue weighted by Crippen LogP contribution is -2.47. The van der Waals surface area contributed by atoms with Crippen molar-refractivity contribution in [2.45, 2.75) is 44.6 Å². The van der Waals surface area contributed by atoms with Gasteiger partial charge in [-0.25, -0.2) is 4.79 Å². The van der Waals surface area contributed by atoms with Crippen LogP contribution in [0.5, 0.6) is 0 Å². The SMILES string of the molecule is O=C(O)c1ccccc1N1CCCC2CCCCC21. The normalized spacial score (nSPS) is 26.8. The summed E-state index contributed by atoms with van der Waals surface area (Å²) in [6.07, 6.45) is 7.67. The number of piperidine rings is 1. The van der Waals surface area contributed by atoms with Gasteiger partial charge in [0, 0.05) is 12.6 Å². The Balaban J connectivity index is 1.94. The zero-order chi connectivity index (χ0) is 13.2. The molecule has 2 unspecified atom stereocenters.